The minimum atomic E-state index is -0.0444. The molecule has 2 aromatic rings. The highest BCUT2D eigenvalue weighted by Crippen LogP contribution is 2.18. The van der Waals surface area contributed by atoms with Crippen LogP contribution in [0.2, 0.25) is 0 Å². The molecular weight excluding hydrogens is 298 g/mol. The van der Waals surface area contributed by atoms with Gasteiger partial charge in [-0.2, -0.15) is 0 Å². The fourth-order valence-corrected chi connectivity index (χ4v) is 3.24. The molecule has 0 bridgehead atoms. The van der Waals surface area contributed by atoms with Gasteiger partial charge in [-0.3, -0.25) is 14.7 Å². The predicted octanol–water partition coefficient (Wildman–Crippen LogP) is 3.24. The number of hydrogen-bond donors (Lipinski definition) is 1. The molecule has 24 heavy (non-hydrogen) atoms. The lowest BCUT2D eigenvalue weighted by molar-refractivity contribution is 0.0951. The maximum atomic E-state index is 12.2. The number of nitrogens with zero attached hydrogens (tertiary/aromatic N) is 2. The Labute approximate surface area is 143 Å². The molecule has 1 aliphatic rings. The SMILES string of the molecule is CC1CCCN(Cc2ccc(C(=O)NCc3cccnc3)cc2)C1. The monoisotopic (exact) mass is 323 g/mol. The van der Waals surface area contributed by atoms with E-state index in [1.54, 1.807) is 12.4 Å². The van der Waals surface area contributed by atoms with Crippen LogP contribution < -0.4 is 5.32 Å². The summed E-state index contributed by atoms with van der Waals surface area (Å²) in [6.07, 6.45) is 6.12. The summed E-state index contributed by atoms with van der Waals surface area (Å²) in [6.45, 7) is 6.15. The lowest BCUT2D eigenvalue weighted by atomic mass is 9.99. The van der Waals surface area contributed by atoms with Gasteiger partial charge >= 0.3 is 0 Å². The topological polar surface area (TPSA) is 45.2 Å². The Morgan fingerprint density at radius 3 is 2.79 bits per heavy atom. The van der Waals surface area contributed by atoms with Crippen molar-refractivity contribution in [3.63, 3.8) is 0 Å². The number of amides is 1. The average Bonchev–Trinajstić information content (AvgIpc) is 2.61. The smallest absolute Gasteiger partial charge is 0.251 e. The second-order valence-electron chi connectivity index (χ2n) is 6.72. The molecule has 1 aliphatic heterocycles. The molecule has 126 valence electrons. The minimum absolute atomic E-state index is 0.0444. The van der Waals surface area contributed by atoms with E-state index in [1.165, 1.54) is 31.5 Å². The van der Waals surface area contributed by atoms with Crippen molar-refractivity contribution in [1.29, 1.82) is 0 Å². The first-order valence-corrected chi connectivity index (χ1v) is 8.69. The highest BCUT2D eigenvalue weighted by molar-refractivity contribution is 5.94. The van der Waals surface area contributed by atoms with Crippen LogP contribution >= 0.6 is 0 Å². The standard InChI is InChI=1S/C20H25N3O/c1-16-4-3-11-23(14-16)15-17-6-8-19(9-7-17)20(24)22-13-18-5-2-10-21-12-18/h2,5-10,12,16H,3-4,11,13-15H2,1H3,(H,22,24). The lowest BCUT2D eigenvalue weighted by Gasteiger charge is -2.30. The van der Waals surface area contributed by atoms with Crippen LogP contribution in [-0.4, -0.2) is 28.9 Å². The van der Waals surface area contributed by atoms with Crippen LogP contribution in [0.4, 0.5) is 0 Å². The highest BCUT2D eigenvalue weighted by atomic mass is 16.1. The Bertz CT molecular complexity index is 654. The molecule has 1 aromatic carbocycles. The first-order chi connectivity index (χ1) is 11.7. The largest absolute Gasteiger partial charge is 0.348 e. The molecule has 1 N–H and O–H groups in total. The maximum Gasteiger partial charge on any atom is 0.251 e. The van der Waals surface area contributed by atoms with Gasteiger partial charge in [0.2, 0.25) is 0 Å². The van der Waals surface area contributed by atoms with Crippen molar-refractivity contribution in [3.8, 4) is 0 Å². The Kier molecular flexibility index (Phi) is 5.59. The summed E-state index contributed by atoms with van der Waals surface area (Å²) in [6, 6.07) is 11.8. The summed E-state index contributed by atoms with van der Waals surface area (Å²) >= 11 is 0. The third-order valence-corrected chi connectivity index (χ3v) is 4.54. The molecule has 1 fully saturated rings. The summed E-state index contributed by atoms with van der Waals surface area (Å²) in [4.78, 5) is 18.8. The van der Waals surface area contributed by atoms with Crippen molar-refractivity contribution in [3.05, 3.63) is 65.5 Å². The predicted molar refractivity (Wildman–Crippen MR) is 95.5 cm³/mol. The van der Waals surface area contributed by atoms with Gasteiger partial charge in [0.15, 0.2) is 0 Å². The highest BCUT2D eigenvalue weighted by Gasteiger charge is 2.16. The number of piperidine rings is 1. The van der Waals surface area contributed by atoms with Gasteiger partial charge in [0.05, 0.1) is 0 Å². The van der Waals surface area contributed by atoms with Gasteiger partial charge in [0.25, 0.3) is 5.91 Å². The number of aromatic nitrogens is 1. The third kappa shape index (κ3) is 4.65. The molecule has 0 radical (unpaired) electrons. The number of hydrogen-bond acceptors (Lipinski definition) is 3. The van der Waals surface area contributed by atoms with Gasteiger partial charge in [-0.25, -0.2) is 0 Å². The number of nitrogens with one attached hydrogen (secondary N) is 1. The Balaban J connectivity index is 1.52. The van der Waals surface area contributed by atoms with E-state index in [9.17, 15) is 4.79 Å². The number of carbonyl (C=O) groups excluding carboxylic acids is 1. The normalized spacial score (nSPS) is 18.3. The van der Waals surface area contributed by atoms with Crippen LogP contribution in [0.1, 0.15) is 41.3 Å². The first kappa shape index (κ1) is 16.7. The van der Waals surface area contributed by atoms with Crippen molar-refractivity contribution < 1.29 is 4.79 Å². The van der Waals surface area contributed by atoms with Crippen LogP contribution in [0.5, 0.6) is 0 Å². The van der Waals surface area contributed by atoms with Crippen LogP contribution in [0, 0.1) is 5.92 Å². The summed E-state index contributed by atoms with van der Waals surface area (Å²) < 4.78 is 0. The number of likely N-dealkylation sites (tertiary alicyclic amines) is 1. The Morgan fingerprint density at radius 2 is 2.08 bits per heavy atom. The van der Waals surface area contributed by atoms with Crippen molar-refractivity contribution in [2.24, 2.45) is 5.92 Å². The summed E-state index contributed by atoms with van der Waals surface area (Å²) in [5.41, 5.74) is 2.98. The molecule has 0 spiro atoms. The molecule has 1 aromatic heterocycles. The molecular formula is C20H25N3O. The van der Waals surface area contributed by atoms with E-state index in [4.69, 9.17) is 0 Å². The van der Waals surface area contributed by atoms with Gasteiger partial charge in [-0.1, -0.05) is 25.1 Å². The van der Waals surface area contributed by atoms with E-state index in [0.29, 0.717) is 12.1 Å². The minimum Gasteiger partial charge on any atom is -0.348 e. The zero-order valence-electron chi connectivity index (χ0n) is 14.2. The second-order valence-corrected chi connectivity index (χ2v) is 6.72. The van der Waals surface area contributed by atoms with E-state index >= 15 is 0 Å². The van der Waals surface area contributed by atoms with Crippen LogP contribution in [0.25, 0.3) is 0 Å². The molecule has 1 saturated heterocycles. The fourth-order valence-electron chi connectivity index (χ4n) is 3.24. The van der Waals surface area contributed by atoms with Gasteiger partial charge < -0.3 is 5.32 Å². The molecule has 1 amide bonds. The van der Waals surface area contributed by atoms with Crippen LogP contribution in [-0.2, 0) is 13.1 Å². The zero-order chi connectivity index (χ0) is 16.8. The lowest BCUT2D eigenvalue weighted by Crippen LogP contribution is -2.33. The molecule has 1 unspecified atom stereocenters. The molecule has 4 nitrogen and oxygen atoms in total. The number of carbonyl (C=O) groups is 1. The molecule has 3 rings (SSSR count). The average molecular weight is 323 g/mol. The van der Waals surface area contributed by atoms with Gasteiger partial charge in [0, 0.05) is 37.6 Å². The van der Waals surface area contributed by atoms with E-state index in [1.807, 2.05) is 24.3 Å². The van der Waals surface area contributed by atoms with Crippen LogP contribution in [0.15, 0.2) is 48.8 Å². The van der Waals surface area contributed by atoms with Crippen LogP contribution in [0.3, 0.4) is 0 Å². The van der Waals surface area contributed by atoms with E-state index < -0.39 is 0 Å². The first-order valence-electron chi connectivity index (χ1n) is 8.69. The number of pyridine rings is 1. The quantitative estimate of drug-likeness (QED) is 0.919. The summed E-state index contributed by atoms with van der Waals surface area (Å²) in [5.74, 6) is 0.744. The zero-order valence-corrected chi connectivity index (χ0v) is 14.2. The summed E-state index contributed by atoms with van der Waals surface area (Å²) in [7, 11) is 0. The van der Waals surface area contributed by atoms with E-state index in [-0.39, 0.29) is 5.91 Å². The second kappa shape index (κ2) is 8.06. The van der Waals surface area contributed by atoms with Gasteiger partial charge in [0.1, 0.15) is 0 Å². The Morgan fingerprint density at radius 1 is 1.25 bits per heavy atom. The third-order valence-electron chi connectivity index (χ3n) is 4.54. The van der Waals surface area contributed by atoms with Gasteiger partial charge in [-0.15, -0.1) is 0 Å². The van der Waals surface area contributed by atoms with E-state index in [0.717, 1.165) is 18.0 Å². The van der Waals surface area contributed by atoms with E-state index in [2.05, 4.69) is 34.3 Å². The van der Waals surface area contributed by atoms with Gasteiger partial charge in [-0.05, 0) is 54.6 Å². The fraction of sp³-hybridized carbons (Fsp3) is 0.400. The molecule has 0 aliphatic carbocycles. The molecule has 2 heterocycles. The number of benzene rings is 1. The maximum absolute atomic E-state index is 12.2. The van der Waals surface area contributed by atoms with Crippen molar-refractivity contribution in [2.75, 3.05) is 13.1 Å². The summed E-state index contributed by atoms with van der Waals surface area (Å²) in [5, 5.41) is 2.93. The molecule has 1 atom stereocenters. The Hall–Kier alpha value is -2.20. The molecule has 4 heteroatoms. The van der Waals surface area contributed by atoms with Crippen molar-refractivity contribution in [1.82, 2.24) is 15.2 Å². The number of rotatable bonds is 5. The van der Waals surface area contributed by atoms with Crippen molar-refractivity contribution >= 4 is 5.91 Å². The van der Waals surface area contributed by atoms with Crippen molar-refractivity contribution in [2.45, 2.75) is 32.9 Å². The molecule has 0 saturated carbocycles.